The first-order valence-electron chi connectivity index (χ1n) is 10.1. The fourth-order valence-corrected chi connectivity index (χ4v) is 4.08. The lowest BCUT2D eigenvalue weighted by Gasteiger charge is -2.25. The number of hydrogen-bond acceptors (Lipinski definition) is 5. The highest BCUT2D eigenvalue weighted by atomic mass is 16.2. The predicted octanol–water partition coefficient (Wildman–Crippen LogP) is 3.03. The largest absolute Gasteiger partial charge is 0.334 e. The van der Waals surface area contributed by atoms with Crippen molar-refractivity contribution in [3.8, 4) is 0 Å². The van der Waals surface area contributed by atoms with Gasteiger partial charge in [0.05, 0.1) is 18.3 Å². The number of likely N-dealkylation sites (tertiary alicyclic amines) is 1. The molecule has 1 atom stereocenters. The average molecular weight is 390 g/mol. The fourth-order valence-electron chi connectivity index (χ4n) is 4.08. The Morgan fingerprint density at radius 2 is 2.07 bits per heavy atom. The van der Waals surface area contributed by atoms with Crippen LogP contribution in [0.3, 0.4) is 0 Å². The number of aromatic nitrogens is 5. The maximum atomic E-state index is 12.8. The minimum atomic E-state index is 0.0480. The molecule has 3 heterocycles. The van der Waals surface area contributed by atoms with Gasteiger partial charge in [-0.2, -0.15) is 0 Å². The molecule has 0 radical (unpaired) electrons. The number of carbonyl (C=O) groups is 1. The summed E-state index contributed by atoms with van der Waals surface area (Å²) >= 11 is 0. The molecule has 0 spiro atoms. The van der Waals surface area contributed by atoms with Crippen LogP contribution < -0.4 is 0 Å². The maximum Gasteiger partial charge on any atom is 0.225 e. The molecule has 0 saturated carbocycles. The molecule has 29 heavy (non-hydrogen) atoms. The van der Waals surface area contributed by atoms with Crippen molar-refractivity contribution in [3.63, 3.8) is 0 Å². The summed E-state index contributed by atoms with van der Waals surface area (Å²) in [5.41, 5.74) is 5.87. The molecule has 1 aliphatic rings. The van der Waals surface area contributed by atoms with Crippen LogP contribution in [0.15, 0.2) is 42.7 Å². The van der Waals surface area contributed by atoms with E-state index in [1.807, 2.05) is 11.8 Å². The first-order valence-corrected chi connectivity index (χ1v) is 10.1. The first-order chi connectivity index (χ1) is 14.1. The van der Waals surface area contributed by atoms with Crippen molar-refractivity contribution in [1.82, 2.24) is 30.1 Å². The maximum absolute atomic E-state index is 12.8. The van der Waals surface area contributed by atoms with Gasteiger partial charge in [0.2, 0.25) is 5.91 Å². The average Bonchev–Trinajstić information content (AvgIpc) is 3.39. The monoisotopic (exact) mass is 390 g/mol. The van der Waals surface area contributed by atoms with Crippen LogP contribution in [-0.2, 0) is 17.8 Å². The zero-order chi connectivity index (χ0) is 20.2. The van der Waals surface area contributed by atoms with Gasteiger partial charge >= 0.3 is 0 Å². The van der Waals surface area contributed by atoms with Crippen LogP contribution in [0.1, 0.15) is 53.4 Å². The smallest absolute Gasteiger partial charge is 0.225 e. The molecule has 1 aliphatic heterocycles. The summed E-state index contributed by atoms with van der Waals surface area (Å²) in [6.07, 6.45) is 4.77. The van der Waals surface area contributed by atoms with Gasteiger partial charge in [-0.25, -0.2) is 4.68 Å². The zero-order valence-corrected chi connectivity index (χ0v) is 17.0. The molecule has 1 aromatic carbocycles. The van der Waals surface area contributed by atoms with Crippen LogP contribution in [0.25, 0.3) is 0 Å². The normalized spacial score (nSPS) is 16.3. The summed E-state index contributed by atoms with van der Waals surface area (Å²) in [6.45, 7) is 5.45. The zero-order valence-electron chi connectivity index (χ0n) is 17.0. The van der Waals surface area contributed by atoms with Crippen LogP contribution in [0.5, 0.6) is 0 Å². The van der Waals surface area contributed by atoms with Crippen molar-refractivity contribution < 1.29 is 4.79 Å². The molecule has 0 unspecified atom stereocenters. The summed E-state index contributed by atoms with van der Waals surface area (Å²) < 4.78 is 1.59. The molecule has 3 aromatic rings. The minimum absolute atomic E-state index is 0.0480. The summed E-state index contributed by atoms with van der Waals surface area (Å²) in [4.78, 5) is 19.6. The Bertz CT molecular complexity index is 985. The molecule has 7 nitrogen and oxygen atoms in total. The van der Waals surface area contributed by atoms with E-state index < -0.39 is 0 Å². The third-order valence-electron chi connectivity index (χ3n) is 5.55. The summed E-state index contributed by atoms with van der Waals surface area (Å²) in [7, 11) is 0. The van der Waals surface area contributed by atoms with E-state index in [1.165, 1.54) is 23.0 Å². The number of nitrogens with zero attached hydrogens (tertiary/aromatic N) is 6. The number of hydrogen-bond donors (Lipinski definition) is 0. The highest BCUT2D eigenvalue weighted by Gasteiger charge is 2.31. The van der Waals surface area contributed by atoms with E-state index in [1.54, 1.807) is 4.68 Å². The van der Waals surface area contributed by atoms with Crippen LogP contribution in [0, 0.1) is 13.8 Å². The number of carbonyl (C=O) groups excluding carboxylic acids is 1. The molecule has 0 aliphatic carbocycles. The SMILES string of the molecule is Cc1cc(Cc2ccccc2C)cc([C@H]2CCCN2C(=O)CCn2cnnn2)n1. The van der Waals surface area contributed by atoms with Crippen molar-refractivity contribution in [2.45, 2.75) is 52.1 Å². The van der Waals surface area contributed by atoms with Gasteiger partial charge in [-0.15, -0.1) is 5.10 Å². The first kappa shape index (κ1) is 19.2. The van der Waals surface area contributed by atoms with Crippen LogP contribution in [-0.4, -0.2) is 42.5 Å². The van der Waals surface area contributed by atoms with Gasteiger partial charge in [0.1, 0.15) is 6.33 Å². The van der Waals surface area contributed by atoms with E-state index in [2.05, 4.69) is 58.8 Å². The van der Waals surface area contributed by atoms with Gasteiger partial charge in [-0.1, -0.05) is 24.3 Å². The Balaban J connectivity index is 1.51. The standard InChI is InChI=1S/C22H26N6O/c1-16-6-3-4-7-19(16)13-18-12-17(2)24-20(14-18)21-8-5-10-28(21)22(29)9-11-27-15-23-25-26-27/h3-4,6-7,12,14-15,21H,5,8-11,13H2,1-2H3/t21-/m1/s1. The van der Waals surface area contributed by atoms with Gasteiger partial charge in [-0.05, 0) is 72.4 Å². The number of aryl methyl sites for hydroxylation is 3. The van der Waals surface area contributed by atoms with Gasteiger partial charge in [-0.3, -0.25) is 9.78 Å². The molecule has 1 saturated heterocycles. The van der Waals surface area contributed by atoms with E-state index in [9.17, 15) is 4.79 Å². The lowest BCUT2D eigenvalue weighted by atomic mass is 9.98. The van der Waals surface area contributed by atoms with Crippen molar-refractivity contribution in [3.05, 3.63) is 70.8 Å². The molecule has 7 heteroatoms. The molecule has 150 valence electrons. The molecule has 1 amide bonds. The Morgan fingerprint density at radius 3 is 2.86 bits per heavy atom. The molecular weight excluding hydrogens is 364 g/mol. The quantitative estimate of drug-likeness (QED) is 0.647. The van der Waals surface area contributed by atoms with Gasteiger partial charge in [0.25, 0.3) is 0 Å². The fraction of sp³-hybridized carbons (Fsp3) is 0.409. The second-order valence-corrected chi connectivity index (χ2v) is 7.71. The van der Waals surface area contributed by atoms with Crippen molar-refractivity contribution in [2.24, 2.45) is 0 Å². The number of tetrazole rings is 1. The number of amides is 1. The van der Waals surface area contributed by atoms with Crippen molar-refractivity contribution >= 4 is 5.91 Å². The summed E-state index contributed by atoms with van der Waals surface area (Å²) in [5, 5.41) is 11.1. The van der Waals surface area contributed by atoms with E-state index in [-0.39, 0.29) is 11.9 Å². The highest BCUT2D eigenvalue weighted by molar-refractivity contribution is 5.77. The Hall–Kier alpha value is -3.09. The second kappa shape index (κ2) is 8.51. The van der Waals surface area contributed by atoms with Crippen LogP contribution >= 0.6 is 0 Å². The topological polar surface area (TPSA) is 76.8 Å². The Labute approximate surface area is 170 Å². The van der Waals surface area contributed by atoms with Crippen LogP contribution in [0.4, 0.5) is 0 Å². The van der Waals surface area contributed by atoms with Crippen molar-refractivity contribution in [1.29, 1.82) is 0 Å². The van der Waals surface area contributed by atoms with Gasteiger partial charge < -0.3 is 4.90 Å². The lowest BCUT2D eigenvalue weighted by molar-refractivity contribution is -0.132. The Morgan fingerprint density at radius 1 is 1.21 bits per heavy atom. The van der Waals surface area contributed by atoms with E-state index in [0.29, 0.717) is 13.0 Å². The summed E-state index contributed by atoms with van der Waals surface area (Å²) in [6, 6.07) is 12.8. The molecule has 0 N–H and O–H groups in total. The molecule has 4 rings (SSSR count). The van der Waals surface area contributed by atoms with E-state index >= 15 is 0 Å². The number of benzene rings is 1. The lowest BCUT2D eigenvalue weighted by Crippen LogP contribution is -2.31. The number of pyridine rings is 1. The van der Waals surface area contributed by atoms with E-state index in [0.717, 1.165) is 37.2 Å². The van der Waals surface area contributed by atoms with Crippen LogP contribution in [0.2, 0.25) is 0 Å². The minimum Gasteiger partial charge on any atom is -0.334 e. The predicted molar refractivity (Wildman–Crippen MR) is 109 cm³/mol. The second-order valence-electron chi connectivity index (χ2n) is 7.71. The van der Waals surface area contributed by atoms with Gasteiger partial charge in [0, 0.05) is 18.7 Å². The Kier molecular flexibility index (Phi) is 5.64. The molecular formula is C22H26N6O. The third kappa shape index (κ3) is 4.50. The molecule has 1 fully saturated rings. The molecule has 0 bridgehead atoms. The number of rotatable bonds is 6. The van der Waals surface area contributed by atoms with Gasteiger partial charge in [0.15, 0.2) is 0 Å². The molecule has 2 aromatic heterocycles. The highest BCUT2D eigenvalue weighted by Crippen LogP contribution is 2.32. The van der Waals surface area contributed by atoms with Crippen molar-refractivity contribution in [2.75, 3.05) is 6.54 Å². The summed E-state index contributed by atoms with van der Waals surface area (Å²) in [5.74, 6) is 0.131. The third-order valence-corrected chi connectivity index (χ3v) is 5.55. The van der Waals surface area contributed by atoms with E-state index in [4.69, 9.17) is 4.98 Å².